The number of hydrogen-bond acceptors (Lipinski definition) is 7. The molecule has 1 aromatic carbocycles. The summed E-state index contributed by atoms with van der Waals surface area (Å²) in [5, 5.41) is 14.9. The Labute approximate surface area is 212 Å². The van der Waals surface area contributed by atoms with Crippen molar-refractivity contribution in [1.82, 2.24) is 14.5 Å². The predicted molar refractivity (Wildman–Crippen MR) is 135 cm³/mol. The highest BCUT2D eigenvalue weighted by Crippen LogP contribution is 2.37. The highest BCUT2D eigenvalue weighted by Gasteiger charge is 2.39. The van der Waals surface area contributed by atoms with Gasteiger partial charge in [0.25, 0.3) is 12.0 Å². The van der Waals surface area contributed by atoms with E-state index in [1.54, 1.807) is 6.92 Å². The normalized spacial score (nSPS) is 24.8. The lowest BCUT2D eigenvalue weighted by atomic mass is 9.88. The second-order valence-corrected chi connectivity index (χ2v) is 12.4. The lowest BCUT2D eigenvalue weighted by molar-refractivity contribution is 0.0253. The fraction of sp³-hybridized carbons (Fsp3) is 0.480. The Morgan fingerprint density at radius 3 is 2.54 bits per heavy atom. The van der Waals surface area contributed by atoms with Crippen LogP contribution in [0, 0.1) is 5.82 Å². The van der Waals surface area contributed by atoms with E-state index in [0.717, 1.165) is 18.9 Å². The van der Waals surface area contributed by atoms with Gasteiger partial charge < -0.3 is 10.4 Å². The number of aliphatic hydroxyl groups is 1. The minimum atomic E-state index is -2.95. The lowest BCUT2D eigenvalue weighted by Crippen LogP contribution is -2.42. The lowest BCUT2D eigenvalue weighted by Gasteiger charge is -2.33. The van der Waals surface area contributed by atoms with E-state index in [9.17, 15) is 27.3 Å². The van der Waals surface area contributed by atoms with E-state index in [2.05, 4.69) is 19.6 Å². The summed E-state index contributed by atoms with van der Waals surface area (Å²) in [6, 6.07) is 4.74. The summed E-state index contributed by atoms with van der Waals surface area (Å²) in [4.78, 5) is 21.7. The monoisotopic (exact) mass is 535 g/mol. The van der Waals surface area contributed by atoms with Gasteiger partial charge in [0, 0.05) is 39.4 Å². The van der Waals surface area contributed by atoms with Gasteiger partial charge in [0.15, 0.2) is 0 Å². The summed E-state index contributed by atoms with van der Waals surface area (Å²) in [6.07, 6.45) is 0.426. The van der Waals surface area contributed by atoms with E-state index in [-0.39, 0.29) is 53.0 Å². The molecule has 8 nitrogen and oxygen atoms in total. The number of aromatic nitrogens is 3. The molecule has 1 saturated heterocycles. The van der Waals surface area contributed by atoms with E-state index < -0.39 is 44.7 Å². The van der Waals surface area contributed by atoms with Crippen LogP contribution in [0.2, 0.25) is 0 Å². The quantitative estimate of drug-likeness (QED) is 0.490. The molecular weight excluding hydrogens is 507 g/mol. The first-order valence-corrected chi connectivity index (χ1v) is 14.0. The first-order chi connectivity index (χ1) is 17.5. The Morgan fingerprint density at radius 2 is 1.89 bits per heavy atom. The van der Waals surface area contributed by atoms with Crippen molar-refractivity contribution >= 4 is 26.6 Å². The van der Waals surface area contributed by atoms with E-state index in [4.69, 9.17) is 0 Å². The van der Waals surface area contributed by atoms with Crippen molar-refractivity contribution in [2.24, 2.45) is 11.4 Å². The summed E-state index contributed by atoms with van der Waals surface area (Å²) in [7, 11) is -0.884. The van der Waals surface area contributed by atoms with Gasteiger partial charge in [0.1, 0.15) is 23.6 Å². The molecule has 1 unspecified atom stereocenters. The molecule has 1 aliphatic carbocycles. The van der Waals surface area contributed by atoms with Crippen LogP contribution < -0.4 is 10.9 Å². The van der Waals surface area contributed by atoms with Crippen molar-refractivity contribution in [3.63, 3.8) is 0 Å². The van der Waals surface area contributed by atoms with Gasteiger partial charge in [-0.3, -0.25) is 9.36 Å². The summed E-state index contributed by atoms with van der Waals surface area (Å²) in [5.74, 6) is -0.341. The molecule has 2 aromatic heterocycles. The average Bonchev–Trinajstić information content (AvgIpc) is 3.67. The number of fused-ring (bicyclic) bond motifs is 1. The number of alkyl halides is 2. The van der Waals surface area contributed by atoms with Crippen LogP contribution in [-0.4, -0.2) is 41.4 Å². The SMILES string of the molecule is CC(Nc1ncnc2c1cc(C1(O)CCS(=O)(=NC3CC3)CC1)c(=O)n2C)c1cccc(C(F)F)c1F. The molecule has 1 atom stereocenters. The molecule has 2 fully saturated rings. The maximum atomic E-state index is 14.7. The van der Waals surface area contributed by atoms with Gasteiger partial charge in [0.2, 0.25) is 0 Å². The molecule has 12 heteroatoms. The smallest absolute Gasteiger partial charge is 0.266 e. The van der Waals surface area contributed by atoms with Crippen LogP contribution in [0.25, 0.3) is 11.0 Å². The minimum absolute atomic E-state index is 0.0367. The highest BCUT2D eigenvalue weighted by atomic mass is 32.2. The Balaban J connectivity index is 1.52. The average molecular weight is 536 g/mol. The Bertz CT molecular complexity index is 1530. The number of nitrogens with zero attached hydrogens (tertiary/aromatic N) is 4. The largest absolute Gasteiger partial charge is 0.385 e. The van der Waals surface area contributed by atoms with Crippen LogP contribution in [-0.2, 0) is 22.4 Å². The van der Waals surface area contributed by atoms with E-state index in [0.29, 0.717) is 5.39 Å². The number of benzene rings is 1. The molecule has 0 radical (unpaired) electrons. The molecule has 2 N–H and O–H groups in total. The maximum absolute atomic E-state index is 14.7. The Kier molecular flexibility index (Phi) is 6.51. The zero-order chi connectivity index (χ0) is 26.5. The molecule has 5 rings (SSSR count). The molecule has 0 spiro atoms. The van der Waals surface area contributed by atoms with Crippen molar-refractivity contribution in [3.05, 3.63) is 63.5 Å². The number of aryl methyl sites for hydroxylation is 1. The topological polar surface area (TPSA) is 109 Å². The van der Waals surface area contributed by atoms with Gasteiger partial charge in [-0.2, -0.15) is 0 Å². The van der Waals surface area contributed by atoms with Gasteiger partial charge in [-0.1, -0.05) is 18.2 Å². The van der Waals surface area contributed by atoms with Crippen molar-refractivity contribution in [2.45, 2.75) is 56.7 Å². The molecule has 198 valence electrons. The second kappa shape index (κ2) is 9.39. The molecule has 2 aliphatic rings. The van der Waals surface area contributed by atoms with Crippen LogP contribution in [0.15, 0.2) is 39.8 Å². The Morgan fingerprint density at radius 1 is 1.22 bits per heavy atom. The third-order valence-corrected chi connectivity index (χ3v) is 9.54. The molecule has 37 heavy (non-hydrogen) atoms. The van der Waals surface area contributed by atoms with Crippen molar-refractivity contribution < 1.29 is 22.5 Å². The van der Waals surface area contributed by atoms with Crippen LogP contribution in [0.4, 0.5) is 19.0 Å². The molecule has 0 bridgehead atoms. The van der Waals surface area contributed by atoms with Crippen molar-refractivity contribution in [1.29, 1.82) is 0 Å². The fourth-order valence-corrected chi connectivity index (χ4v) is 7.26. The molecule has 3 heterocycles. The number of nitrogens with one attached hydrogen (secondary N) is 1. The molecule has 0 amide bonds. The number of rotatable bonds is 6. The van der Waals surface area contributed by atoms with E-state index >= 15 is 0 Å². The molecular formula is C25H28F3N5O3S. The van der Waals surface area contributed by atoms with Crippen LogP contribution in [0.1, 0.15) is 61.8 Å². The maximum Gasteiger partial charge on any atom is 0.266 e. The molecule has 1 saturated carbocycles. The molecule has 3 aromatic rings. The highest BCUT2D eigenvalue weighted by molar-refractivity contribution is 7.93. The minimum Gasteiger partial charge on any atom is -0.385 e. The van der Waals surface area contributed by atoms with Gasteiger partial charge in [-0.25, -0.2) is 31.7 Å². The summed E-state index contributed by atoms with van der Waals surface area (Å²) >= 11 is 0. The zero-order valence-electron chi connectivity index (χ0n) is 20.5. The van der Waals surface area contributed by atoms with E-state index in [1.165, 1.54) is 36.1 Å². The Hall–Kier alpha value is -2.99. The first-order valence-electron chi connectivity index (χ1n) is 12.1. The van der Waals surface area contributed by atoms with Gasteiger partial charge in [0.05, 0.1) is 28.6 Å². The van der Waals surface area contributed by atoms with Crippen molar-refractivity contribution in [2.75, 3.05) is 16.8 Å². The third-order valence-electron chi connectivity index (χ3n) is 7.18. The van der Waals surface area contributed by atoms with Gasteiger partial charge in [-0.15, -0.1) is 0 Å². The number of anilines is 1. The number of halogens is 3. The molecule has 1 aliphatic heterocycles. The van der Waals surface area contributed by atoms with Crippen LogP contribution >= 0.6 is 0 Å². The van der Waals surface area contributed by atoms with Crippen LogP contribution in [0.3, 0.4) is 0 Å². The standard InChI is InChI=1S/C25H28F3N5O3S/c1-14(16-4-3-5-17(20(16)26)21(27)28)31-22-18-12-19(24(34)33(2)23(18)30-13-29-22)25(35)8-10-37(36,11-9-25)32-15-6-7-15/h3-5,12-15,21,35H,6-11H2,1-2H3,(H,29,30,31). The summed E-state index contributed by atoms with van der Waals surface area (Å²) < 4.78 is 60.0. The first kappa shape index (κ1) is 25.7. The number of hydrogen-bond donors (Lipinski definition) is 2. The van der Waals surface area contributed by atoms with Crippen LogP contribution in [0.5, 0.6) is 0 Å². The summed E-state index contributed by atoms with van der Waals surface area (Å²) in [5.41, 5.74) is -2.17. The van der Waals surface area contributed by atoms with E-state index in [1.807, 2.05) is 0 Å². The summed E-state index contributed by atoms with van der Waals surface area (Å²) in [6.45, 7) is 1.61. The zero-order valence-corrected chi connectivity index (χ0v) is 21.3. The fourth-order valence-electron chi connectivity index (χ4n) is 4.78. The third kappa shape index (κ3) is 4.84. The van der Waals surface area contributed by atoms with Crippen molar-refractivity contribution in [3.8, 4) is 0 Å². The van der Waals surface area contributed by atoms with Gasteiger partial charge in [-0.05, 0) is 38.7 Å². The van der Waals surface area contributed by atoms with Gasteiger partial charge >= 0.3 is 0 Å². The number of pyridine rings is 1. The second-order valence-electron chi connectivity index (χ2n) is 9.85. The predicted octanol–water partition coefficient (Wildman–Crippen LogP) is 4.19.